The molecule has 2 aromatic rings. The molecule has 2 rings (SSSR count). The summed E-state index contributed by atoms with van der Waals surface area (Å²) in [5.41, 5.74) is 0.895. The van der Waals surface area contributed by atoms with E-state index < -0.39 is 15.7 Å². The lowest BCUT2D eigenvalue weighted by Gasteiger charge is -2.15. The van der Waals surface area contributed by atoms with Crippen LogP contribution in [0.15, 0.2) is 47.4 Å². The molecule has 1 N–H and O–H groups in total. The van der Waals surface area contributed by atoms with E-state index in [9.17, 15) is 17.6 Å². The fourth-order valence-electron chi connectivity index (χ4n) is 2.24. The maximum Gasteiger partial charge on any atom is 0.225 e. The Morgan fingerprint density at radius 1 is 1.21 bits per heavy atom. The molecule has 0 spiro atoms. The number of halogens is 2. The number of carbonyl (C=O) groups excluding carboxylic acids is 1. The van der Waals surface area contributed by atoms with Gasteiger partial charge in [-0.25, -0.2) is 12.8 Å². The monoisotopic (exact) mass is 369 g/mol. The fraction of sp³-hybridized carbons (Fsp3) is 0.235. The molecule has 0 fully saturated rings. The number of hydrogen-bond acceptors (Lipinski definition) is 3. The van der Waals surface area contributed by atoms with Crippen LogP contribution in [0.5, 0.6) is 0 Å². The van der Waals surface area contributed by atoms with Crippen molar-refractivity contribution in [1.29, 1.82) is 0 Å². The highest BCUT2D eigenvalue weighted by Crippen LogP contribution is 2.20. The summed E-state index contributed by atoms with van der Waals surface area (Å²) in [6.45, 7) is 1.76. The van der Waals surface area contributed by atoms with Gasteiger partial charge in [-0.3, -0.25) is 4.79 Å². The van der Waals surface area contributed by atoms with Gasteiger partial charge in [0.2, 0.25) is 5.91 Å². The first kappa shape index (κ1) is 18.4. The number of sulfone groups is 1. The molecule has 128 valence electrons. The Bertz CT molecular complexity index is 830. The van der Waals surface area contributed by atoms with Crippen molar-refractivity contribution in [3.8, 4) is 0 Å². The molecule has 2 aromatic carbocycles. The zero-order valence-electron chi connectivity index (χ0n) is 13.2. The Hall–Kier alpha value is -1.92. The summed E-state index contributed by atoms with van der Waals surface area (Å²) in [7, 11) is -3.26. The first-order valence-electron chi connectivity index (χ1n) is 7.20. The van der Waals surface area contributed by atoms with Crippen molar-refractivity contribution in [3.05, 3.63) is 64.4 Å². The highest BCUT2D eigenvalue weighted by molar-refractivity contribution is 7.90. The zero-order valence-corrected chi connectivity index (χ0v) is 14.8. The Morgan fingerprint density at radius 3 is 2.38 bits per heavy atom. The second-order valence-corrected chi connectivity index (χ2v) is 7.93. The summed E-state index contributed by atoms with van der Waals surface area (Å²) >= 11 is 5.91. The van der Waals surface area contributed by atoms with Crippen molar-refractivity contribution in [2.75, 3.05) is 6.26 Å². The second kappa shape index (κ2) is 7.32. The molecule has 0 bridgehead atoms. The minimum atomic E-state index is -3.26. The van der Waals surface area contributed by atoms with E-state index in [-0.39, 0.29) is 33.9 Å². The maximum atomic E-state index is 13.7. The van der Waals surface area contributed by atoms with Gasteiger partial charge in [0.1, 0.15) is 5.82 Å². The number of rotatable bonds is 5. The Morgan fingerprint density at radius 2 is 1.83 bits per heavy atom. The summed E-state index contributed by atoms with van der Waals surface area (Å²) in [4.78, 5) is 12.3. The molecule has 0 saturated carbocycles. The third-order valence-electron chi connectivity index (χ3n) is 3.58. The standard InChI is InChI=1S/C17H17ClFNO3S/c1-11(12-6-8-13(9-7-12)24(2,22)23)20-17(21)10-14-15(18)4-3-5-16(14)19/h3-9,11H,10H2,1-2H3,(H,20,21)/t11-/m0/s1. The van der Waals surface area contributed by atoms with Crippen molar-refractivity contribution in [3.63, 3.8) is 0 Å². The molecule has 0 heterocycles. The fourth-order valence-corrected chi connectivity index (χ4v) is 3.10. The maximum absolute atomic E-state index is 13.7. The van der Waals surface area contributed by atoms with Crippen LogP contribution in [0.2, 0.25) is 5.02 Å². The van der Waals surface area contributed by atoms with Gasteiger partial charge < -0.3 is 5.32 Å². The summed E-state index contributed by atoms with van der Waals surface area (Å²) in [5.74, 6) is -0.899. The van der Waals surface area contributed by atoms with Crippen LogP contribution in [-0.2, 0) is 21.1 Å². The highest BCUT2D eigenvalue weighted by atomic mass is 35.5. The van der Waals surface area contributed by atoms with Gasteiger partial charge in [-0.1, -0.05) is 29.8 Å². The molecule has 0 aliphatic heterocycles. The van der Waals surface area contributed by atoms with Crippen molar-refractivity contribution in [2.24, 2.45) is 0 Å². The van der Waals surface area contributed by atoms with E-state index >= 15 is 0 Å². The van der Waals surface area contributed by atoms with Crippen molar-refractivity contribution in [2.45, 2.75) is 24.3 Å². The Balaban J connectivity index is 2.06. The minimum absolute atomic E-state index is 0.149. The molecule has 0 radical (unpaired) electrons. The van der Waals surface area contributed by atoms with E-state index in [1.807, 2.05) is 0 Å². The van der Waals surface area contributed by atoms with Crippen molar-refractivity contribution < 1.29 is 17.6 Å². The Labute approximate surface area is 145 Å². The largest absolute Gasteiger partial charge is 0.349 e. The van der Waals surface area contributed by atoms with Gasteiger partial charge in [0.25, 0.3) is 0 Å². The van der Waals surface area contributed by atoms with Crippen LogP contribution >= 0.6 is 11.6 Å². The molecule has 0 unspecified atom stereocenters. The molecule has 24 heavy (non-hydrogen) atoms. The third kappa shape index (κ3) is 4.55. The normalized spacial score (nSPS) is 12.7. The predicted molar refractivity (Wildman–Crippen MR) is 91.2 cm³/mol. The summed E-state index contributed by atoms with van der Waals surface area (Å²) in [6.07, 6.45) is 0.961. The first-order valence-corrected chi connectivity index (χ1v) is 9.47. The predicted octanol–water partition coefficient (Wildman–Crippen LogP) is 3.30. The molecule has 0 aliphatic rings. The van der Waals surface area contributed by atoms with Gasteiger partial charge in [-0.05, 0) is 36.8 Å². The Kier molecular flexibility index (Phi) is 5.62. The minimum Gasteiger partial charge on any atom is -0.349 e. The lowest BCUT2D eigenvalue weighted by Crippen LogP contribution is -2.28. The van der Waals surface area contributed by atoms with Crippen molar-refractivity contribution >= 4 is 27.3 Å². The van der Waals surface area contributed by atoms with Crippen LogP contribution < -0.4 is 5.32 Å². The van der Waals surface area contributed by atoms with E-state index in [2.05, 4.69) is 5.32 Å². The molecule has 1 atom stereocenters. The van der Waals surface area contributed by atoms with Crippen LogP contribution in [0, 0.1) is 5.82 Å². The first-order chi connectivity index (χ1) is 11.2. The van der Waals surface area contributed by atoms with Crippen molar-refractivity contribution in [1.82, 2.24) is 5.32 Å². The average molecular weight is 370 g/mol. The molecule has 0 saturated heterocycles. The summed E-state index contributed by atoms with van der Waals surface area (Å²) in [6, 6.07) is 10.2. The lowest BCUT2D eigenvalue weighted by atomic mass is 10.1. The van der Waals surface area contributed by atoms with E-state index in [0.717, 1.165) is 11.8 Å². The SMILES string of the molecule is C[C@H](NC(=O)Cc1c(F)cccc1Cl)c1ccc(S(C)(=O)=O)cc1. The number of carbonyl (C=O) groups is 1. The highest BCUT2D eigenvalue weighted by Gasteiger charge is 2.15. The van der Waals surface area contributed by atoms with E-state index in [1.54, 1.807) is 19.1 Å². The second-order valence-electron chi connectivity index (χ2n) is 5.51. The zero-order chi connectivity index (χ0) is 17.9. The van der Waals surface area contributed by atoms with Gasteiger partial charge in [0.05, 0.1) is 17.4 Å². The number of nitrogens with one attached hydrogen (secondary N) is 1. The van der Waals surface area contributed by atoms with Gasteiger partial charge in [0.15, 0.2) is 9.84 Å². The quantitative estimate of drug-likeness (QED) is 0.879. The summed E-state index contributed by atoms with van der Waals surface area (Å²) < 4.78 is 36.6. The van der Waals surface area contributed by atoms with Gasteiger partial charge >= 0.3 is 0 Å². The average Bonchev–Trinajstić information content (AvgIpc) is 2.50. The van der Waals surface area contributed by atoms with Crippen LogP contribution in [0.25, 0.3) is 0 Å². The number of hydrogen-bond donors (Lipinski definition) is 1. The van der Waals surface area contributed by atoms with Crippen LogP contribution in [0.4, 0.5) is 4.39 Å². The molecule has 7 heteroatoms. The molecule has 0 aromatic heterocycles. The van der Waals surface area contributed by atoms with Crippen LogP contribution in [-0.4, -0.2) is 20.6 Å². The van der Waals surface area contributed by atoms with E-state index in [4.69, 9.17) is 11.6 Å². The number of amides is 1. The molecular weight excluding hydrogens is 353 g/mol. The molecule has 4 nitrogen and oxygen atoms in total. The summed E-state index contributed by atoms with van der Waals surface area (Å²) in [5, 5.41) is 2.95. The number of benzene rings is 2. The smallest absolute Gasteiger partial charge is 0.225 e. The van der Waals surface area contributed by atoms with Crippen LogP contribution in [0.3, 0.4) is 0 Å². The molecular formula is C17H17ClFNO3S. The van der Waals surface area contributed by atoms with Crippen LogP contribution in [0.1, 0.15) is 24.1 Å². The third-order valence-corrected chi connectivity index (χ3v) is 5.07. The van der Waals surface area contributed by atoms with Gasteiger partial charge in [0, 0.05) is 16.8 Å². The van der Waals surface area contributed by atoms with Gasteiger partial charge in [-0.15, -0.1) is 0 Å². The van der Waals surface area contributed by atoms with Gasteiger partial charge in [-0.2, -0.15) is 0 Å². The lowest BCUT2D eigenvalue weighted by molar-refractivity contribution is -0.121. The molecule has 0 aliphatic carbocycles. The van der Waals surface area contributed by atoms with E-state index in [0.29, 0.717) is 0 Å². The van der Waals surface area contributed by atoms with E-state index in [1.165, 1.54) is 30.3 Å². The topological polar surface area (TPSA) is 63.2 Å². The molecule has 1 amide bonds.